The lowest BCUT2D eigenvalue weighted by Crippen LogP contribution is -2.17. The standard InChI is InChI=1S/C26H23N5OS/c1-18-8-12-20(13-9-18)23-24(21-14-10-19(2)11-15-21)29-31-26(28-23)33-17-16-27-30-25(32)22-6-4-3-5-7-22/h3-16H,17H2,1-2H3,(H,30,32). The van der Waals surface area contributed by atoms with Gasteiger partial charge in [-0.1, -0.05) is 89.6 Å². The molecule has 6 nitrogen and oxygen atoms in total. The van der Waals surface area contributed by atoms with Crippen LogP contribution in [0.5, 0.6) is 0 Å². The third-order valence-corrected chi connectivity index (χ3v) is 5.64. The van der Waals surface area contributed by atoms with Crippen molar-refractivity contribution in [2.24, 2.45) is 5.10 Å². The van der Waals surface area contributed by atoms with Gasteiger partial charge < -0.3 is 0 Å². The normalized spacial score (nSPS) is 11.0. The summed E-state index contributed by atoms with van der Waals surface area (Å²) in [5.74, 6) is 0.243. The molecule has 0 fully saturated rings. The van der Waals surface area contributed by atoms with E-state index in [-0.39, 0.29) is 5.91 Å². The molecule has 4 aromatic rings. The largest absolute Gasteiger partial charge is 0.271 e. The van der Waals surface area contributed by atoms with E-state index in [0.717, 1.165) is 22.5 Å². The number of rotatable bonds is 7. The van der Waals surface area contributed by atoms with Crippen LogP contribution in [-0.2, 0) is 0 Å². The van der Waals surface area contributed by atoms with Crippen molar-refractivity contribution in [3.8, 4) is 22.5 Å². The van der Waals surface area contributed by atoms with E-state index < -0.39 is 0 Å². The van der Waals surface area contributed by atoms with E-state index in [4.69, 9.17) is 4.98 Å². The van der Waals surface area contributed by atoms with Gasteiger partial charge in [0.05, 0.1) is 0 Å². The Morgan fingerprint density at radius 3 is 2.09 bits per heavy atom. The number of benzene rings is 3. The maximum Gasteiger partial charge on any atom is 0.271 e. The Balaban J connectivity index is 1.49. The van der Waals surface area contributed by atoms with Crippen LogP contribution < -0.4 is 5.43 Å². The summed E-state index contributed by atoms with van der Waals surface area (Å²) in [6.45, 7) is 4.11. The molecule has 7 heteroatoms. The van der Waals surface area contributed by atoms with Crippen LogP contribution in [0.3, 0.4) is 0 Å². The number of carbonyl (C=O) groups is 1. The summed E-state index contributed by atoms with van der Waals surface area (Å²) >= 11 is 1.40. The first-order valence-corrected chi connectivity index (χ1v) is 11.5. The molecule has 3 aromatic carbocycles. The molecule has 0 radical (unpaired) electrons. The number of aryl methyl sites for hydroxylation is 2. The molecule has 1 amide bonds. The van der Waals surface area contributed by atoms with Crippen molar-refractivity contribution in [3.63, 3.8) is 0 Å². The SMILES string of the molecule is Cc1ccc(-c2nnc(SCC=NNC(=O)c3ccccc3)nc2-c2ccc(C)cc2)cc1. The molecule has 0 saturated carbocycles. The molecule has 0 bridgehead atoms. The Morgan fingerprint density at radius 1 is 0.848 bits per heavy atom. The number of nitrogens with one attached hydrogen (secondary N) is 1. The predicted molar refractivity (Wildman–Crippen MR) is 133 cm³/mol. The van der Waals surface area contributed by atoms with Gasteiger partial charge in [0.15, 0.2) is 0 Å². The molecule has 4 rings (SSSR count). The quantitative estimate of drug-likeness (QED) is 0.232. The minimum atomic E-state index is -0.251. The average molecular weight is 454 g/mol. The van der Waals surface area contributed by atoms with Crippen molar-refractivity contribution in [2.75, 3.05) is 5.75 Å². The molecule has 0 aliphatic rings. The molecule has 0 aliphatic carbocycles. The number of nitrogens with zero attached hydrogens (tertiary/aromatic N) is 4. The van der Waals surface area contributed by atoms with Crippen LogP contribution in [0.2, 0.25) is 0 Å². The van der Waals surface area contributed by atoms with Gasteiger partial charge >= 0.3 is 0 Å². The fourth-order valence-electron chi connectivity index (χ4n) is 3.10. The van der Waals surface area contributed by atoms with Crippen LogP contribution in [0.25, 0.3) is 22.5 Å². The highest BCUT2D eigenvalue weighted by atomic mass is 32.2. The van der Waals surface area contributed by atoms with Crippen LogP contribution in [0.1, 0.15) is 21.5 Å². The van der Waals surface area contributed by atoms with E-state index in [9.17, 15) is 4.79 Å². The van der Waals surface area contributed by atoms with Gasteiger partial charge in [0.2, 0.25) is 5.16 Å². The average Bonchev–Trinajstić information content (AvgIpc) is 2.85. The van der Waals surface area contributed by atoms with E-state index in [1.807, 2.05) is 42.5 Å². The highest BCUT2D eigenvalue weighted by molar-refractivity contribution is 7.99. The lowest BCUT2D eigenvalue weighted by atomic mass is 10.0. The molecule has 0 unspecified atom stereocenters. The Bertz CT molecular complexity index is 1260. The van der Waals surface area contributed by atoms with Gasteiger partial charge in [0.25, 0.3) is 5.91 Å². The minimum Gasteiger partial charge on any atom is -0.267 e. The van der Waals surface area contributed by atoms with Crippen molar-refractivity contribution < 1.29 is 4.79 Å². The summed E-state index contributed by atoms with van der Waals surface area (Å²) in [5.41, 5.74) is 8.93. The van der Waals surface area contributed by atoms with Crippen molar-refractivity contribution in [1.29, 1.82) is 0 Å². The van der Waals surface area contributed by atoms with Gasteiger partial charge in [0, 0.05) is 28.7 Å². The second-order valence-corrected chi connectivity index (χ2v) is 8.44. The number of hydrogen-bond donors (Lipinski definition) is 1. The maximum atomic E-state index is 12.0. The Kier molecular flexibility index (Phi) is 7.22. The first-order chi connectivity index (χ1) is 16.1. The maximum absolute atomic E-state index is 12.0. The van der Waals surface area contributed by atoms with E-state index in [1.54, 1.807) is 18.3 Å². The third-order valence-electron chi connectivity index (χ3n) is 4.90. The highest BCUT2D eigenvalue weighted by Crippen LogP contribution is 2.30. The number of amides is 1. The molecule has 0 aliphatic heterocycles. The van der Waals surface area contributed by atoms with Crippen LogP contribution >= 0.6 is 11.8 Å². The predicted octanol–water partition coefficient (Wildman–Crippen LogP) is 5.33. The summed E-state index contributed by atoms with van der Waals surface area (Å²) in [4.78, 5) is 16.8. The van der Waals surface area contributed by atoms with Crippen molar-refractivity contribution in [1.82, 2.24) is 20.6 Å². The van der Waals surface area contributed by atoms with Crippen LogP contribution in [0.15, 0.2) is 89.1 Å². The smallest absolute Gasteiger partial charge is 0.267 e. The van der Waals surface area contributed by atoms with Gasteiger partial charge in [-0.2, -0.15) is 5.10 Å². The molecule has 0 atom stereocenters. The molecule has 1 aromatic heterocycles. The summed E-state index contributed by atoms with van der Waals surface area (Å²) in [6, 6.07) is 25.4. The monoisotopic (exact) mass is 453 g/mol. The summed E-state index contributed by atoms with van der Waals surface area (Å²) in [7, 11) is 0. The molecule has 33 heavy (non-hydrogen) atoms. The fraction of sp³-hybridized carbons (Fsp3) is 0.115. The van der Waals surface area contributed by atoms with Crippen LogP contribution in [0, 0.1) is 13.8 Å². The van der Waals surface area contributed by atoms with E-state index in [2.05, 4.69) is 58.8 Å². The zero-order valence-electron chi connectivity index (χ0n) is 18.4. The molecular weight excluding hydrogens is 430 g/mol. The van der Waals surface area contributed by atoms with E-state index in [0.29, 0.717) is 16.5 Å². The lowest BCUT2D eigenvalue weighted by Gasteiger charge is -2.09. The molecule has 164 valence electrons. The third kappa shape index (κ3) is 5.90. The Labute approximate surface area is 197 Å². The number of hydrogen-bond acceptors (Lipinski definition) is 6. The van der Waals surface area contributed by atoms with Crippen molar-refractivity contribution in [3.05, 3.63) is 95.6 Å². The Hall–Kier alpha value is -3.84. The van der Waals surface area contributed by atoms with E-state index >= 15 is 0 Å². The van der Waals surface area contributed by atoms with Crippen molar-refractivity contribution >= 4 is 23.9 Å². The van der Waals surface area contributed by atoms with Gasteiger partial charge in [0.1, 0.15) is 11.4 Å². The topological polar surface area (TPSA) is 80.1 Å². The van der Waals surface area contributed by atoms with Gasteiger partial charge in [-0.15, -0.1) is 10.2 Å². The number of carbonyl (C=O) groups excluding carboxylic acids is 1. The second-order valence-electron chi connectivity index (χ2n) is 7.45. The van der Waals surface area contributed by atoms with Crippen LogP contribution in [0.4, 0.5) is 0 Å². The second kappa shape index (κ2) is 10.7. The summed E-state index contributed by atoms with van der Waals surface area (Å²) < 4.78 is 0. The number of thioether (sulfide) groups is 1. The molecule has 1 N–H and O–H groups in total. The van der Waals surface area contributed by atoms with E-state index in [1.165, 1.54) is 22.9 Å². The Morgan fingerprint density at radius 2 is 1.45 bits per heavy atom. The van der Waals surface area contributed by atoms with Crippen LogP contribution in [-0.4, -0.2) is 33.1 Å². The van der Waals surface area contributed by atoms with Gasteiger partial charge in [-0.05, 0) is 26.0 Å². The first-order valence-electron chi connectivity index (χ1n) is 10.5. The first kappa shape index (κ1) is 22.4. The molecular formula is C26H23N5OS. The highest BCUT2D eigenvalue weighted by Gasteiger charge is 2.14. The van der Waals surface area contributed by atoms with Crippen molar-refractivity contribution in [2.45, 2.75) is 19.0 Å². The number of aromatic nitrogens is 3. The zero-order valence-corrected chi connectivity index (χ0v) is 19.2. The summed E-state index contributed by atoms with van der Waals surface area (Å²) in [5, 5.41) is 13.4. The zero-order chi connectivity index (χ0) is 23.0. The molecule has 0 spiro atoms. The summed E-state index contributed by atoms with van der Waals surface area (Å²) in [6.07, 6.45) is 1.62. The molecule has 1 heterocycles. The number of hydrazone groups is 1. The van der Waals surface area contributed by atoms with Gasteiger partial charge in [-0.25, -0.2) is 10.4 Å². The van der Waals surface area contributed by atoms with Gasteiger partial charge in [-0.3, -0.25) is 4.79 Å². The lowest BCUT2D eigenvalue weighted by molar-refractivity contribution is 0.0955. The molecule has 0 saturated heterocycles. The fourth-order valence-corrected chi connectivity index (χ4v) is 3.65. The minimum absolute atomic E-state index is 0.251.